The number of fused-ring (bicyclic) bond motifs is 2. The number of piperidine rings is 2. The summed E-state index contributed by atoms with van der Waals surface area (Å²) in [7, 11) is 0. The van der Waals surface area contributed by atoms with Gasteiger partial charge in [0.15, 0.2) is 0 Å². The summed E-state index contributed by atoms with van der Waals surface area (Å²) in [6, 6.07) is 16.2. The van der Waals surface area contributed by atoms with Crippen LogP contribution in [-0.4, -0.2) is 41.0 Å². The van der Waals surface area contributed by atoms with Crippen molar-refractivity contribution < 1.29 is 4.79 Å². The van der Waals surface area contributed by atoms with Crippen molar-refractivity contribution in [1.29, 1.82) is 0 Å². The maximum absolute atomic E-state index is 13.3. The van der Waals surface area contributed by atoms with E-state index in [1.807, 2.05) is 0 Å². The Morgan fingerprint density at radius 1 is 0.971 bits per heavy atom. The average molecular weight is 474 g/mol. The van der Waals surface area contributed by atoms with E-state index in [4.69, 9.17) is 0 Å². The highest BCUT2D eigenvalue weighted by Crippen LogP contribution is 2.45. The summed E-state index contributed by atoms with van der Waals surface area (Å²) in [6.07, 6.45) is 5.60. The maximum atomic E-state index is 13.3. The van der Waals surface area contributed by atoms with Gasteiger partial charge < -0.3 is 5.32 Å². The van der Waals surface area contributed by atoms with Gasteiger partial charge in [-0.05, 0) is 93.5 Å². The fourth-order valence-corrected chi connectivity index (χ4v) is 7.51. The number of nitrogens with one attached hydrogen (secondary N) is 3. The highest BCUT2D eigenvalue weighted by molar-refractivity contribution is 5.80. The molecule has 1 aromatic carbocycles. The van der Waals surface area contributed by atoms with E-state index in [0.717, 1.165) is 50.3 Å². The molecule has 6 nitrogen and oxygen atoms in total. The normalized spacial score (nSPS) is 35.3. The number of carbonyl (C=O) groups excluding carboxylic acids is 1. The van der Waals surface area contributed by atoms with E-state index in [1.165, 1.54) is 24.0 Å². The molecule has 1 saturated carbocycles. The number of aryl methyl sites for hydroxylation is 2. The van der Waals surface area contributed by atoms with E-state index in [-0.39, 0.29) is 5.92 Å². The Hall–Kier alpha value is -2.28. The monoisotopic (exact) mass is 473 g/mol. The molecule has 1 aromatic heterocycles. The molecule has 2 aromatic rings. The minimum absolute atomic E-state index is 0.151. The molecule has 6 heteroatoms. The van der Waals surface area contributed by atoms with Crippen LogP contribution in [0.2, 0.25) is 0 Å². The molecule has 7 unspecified atom stereocenters. The van der Waals surface area contributed by atoms with Crippen LogP contribution < -0.4 is 16.2 Å². The first-order valence-corrected chi connectivity index (χ1v) is 13.6. The van der Waals surface area contributed by atoms with Crippen LogP contribution in [0.25, 0.3) is 0 Å². The molecule has 35 heavy (non-hydrogen) atoms. The predicted octanol–water partition coefficient (Wildman–Crippen LogP) is 3.66. The van der Waals surface area contributed by atoms with Crippen molar-refractivity contribution in [3.63, 3.8) is 0 Å². The van der Waals surface area contributed by atoms with Crippen LogP contribution in [-0.2, 0) is 11.3 Å². The first-order valence-electron chi connectivity index (χ1n) is 13.6. The second-order valence-corrected chi connectivity index (χ2v) is 11.5. The zero-order valence-corrected chi connectivity index (χ0v) is 21.0. The SMILES string of the molecule is Cc1cc(C2NNC3CC4NC(=O)C(C5CCCN(Cc6ccccc6)C5)CC4CC32)cc(C)n1. The number of rotatable bonds is 4. The molecule has 3 saturated heterocycles. The lowest BCUT2D eigenvalue weighted by molar-refractivity contribution is -0.133. The van der Waals surface area contributed by atoms with E-state index in [1.54, 1.807) is 0 Å². The van der Waals surface area contributed by atoms with Crippen LogP contribution in [0.3, 0.4) is 0 Å². The van der Waals surface area contributed by atoms with E-state index >= 15 is 0 Å². The van der Waals surface area contributed by atoms with Gasteiger partial charge in [0, 0.05) is 42.5 Å². The van der Waals surface area contributed by atoms with Gasteiger partial charge in [0.05, 0.1) is 6.04 Å². The average Bonchev–Trinajstić information content (AvgIpc) is 3.25. The molecule has 0 radical (unpaired) electrons. The summed E-state index contributed by atoms with van der Waals surface area (Å²) in [5.41, 5.74) is 12.0. The van der Waals surface area contributed by atoms with E-state index in [0.29, 0.717) is 41.8 Å². The molecule has 4 fully saturated rings. The van der Waals surface area contributed by atoms with E-state index in [2.05, 4.69) is 82.4 Å². The van der Waals surface area contributed by atoms with Crippen molar-refractivity contribution in [1.82, 2.24) is 26.1 Å². The molecule has 1 amide bonds. The van der Waals surface area contributed by atoms with Crippen LogP contribution in [0.5, 0.6) is 0 Å². The van der Waals surface area contributed by atoms with Gasteiger partial charge in [0.2, 0.25) is 5.91 Å². The van der Waals surface area contributed by atoms with E-state index < -0.39 is 0 Å². The van der Waals surface area contributed by atoms with Crippen LogP contribution >= 0.6 is 0 Å². The number of nitrogens with zero attached hydrogens (tertiary/aromatic N) is 2. The van der Waals surface area contributed by atoms with Crippen molar-refractivity contribution in [2.24, 2.45) is 23.7 Å². The van der Waals surface area contributed by atoms with Crippen LogP contribution in [0.4, 0.5) is 0 Å². The predicted molar refractivity (Wildman–Crippen MR) is 137 cm³/mol. The number of hydrogen-bond donors (Lipinski definition) is 3. The van der Waals surface area contributed by atoms with Crippen molar-refractivity contribution in [2.75, 3.05) is 13.1 Å². The fourth-order valence-electron chi connectivity index (χ4n) is 7.51. The number of pyridine rings is 1. The largest absolute Gasteiger partial charge is 0.353 e. The van der Waals surface area contributed by atoms with Gasteiger partial charge in [-0.3, -0.25) is 20.1 Å². The zero-order valence-electron chi connectivity index (χ0n) is 21.0. The van der Waals surface area contributed by atoms with Crippen LogP contribution in [0.15, 0.2) is 42.5 Å². The number of hydrazine groups is 1. The first kappa shape index (κ1) is 23.1. The summed E-state index contributed by atoms with van der Waals surface area (Å²) < 4.78 is 0. The van der Waals surface area contributed by atoms with Gasteiger partial charge in [-0.25, -0.2) is 5.43 Å². The number of aromatic nitrogens is 1. The summed E-state index contributed by atoms with van der Waals surface area (Å²) in [6.45, 7) is 7.34. The number of carbonyl (C=O) groups is 1. The third-order valence-electron chi connectivity index (χ3n) is 9.07. The lowest BCUT2D eigenvalue weighted by Crippen LogP contribution is -2.57. The standard InChI is InChI=1S/C29H39N5O/c1-18-11-23(12-19(2)30-18)28-25-14-22-13-24(29(35)31-26(22)15-27(25)32-33-28)21-9-6-10-34(17-21)16-20-7-4-3-5-8-20/h3-5,7-8,11-12,21-22,24-28,32-33H,6,9-10,13-17H2,1-2H3,(H,31,35). The Bertz CT molecular complexity index is 1040. The zero-order chi connectivity index (χ0) is 23.9. The first-order chi connectivity index (χ1) is 17.0. The molecule has 0 spiro atoms. The number of hydrogen-bond acceptors (Lipinski definition) is 5. The molecule has 6 rings (SSSR count). The van der Waals surface area contributed by atoms with Gasteiger partial charge >= 0.3 is 0 Å². The Labute approximate surface area is 209 Å². The minimum Gasteiger partial charge on any atom is -0.353 e. The molecule has 186 valence electrons. The minimum atomic E-state index is 0.151. The Balaban J connectivity index is 1.14. The topological polar surface area (TPSA) is 69.3 Å². The van der Waals surface area contributed by atoms with Gasteiger partial charge in [-0.1, -0.05) is 30.3 Å². The van der Waals surface area contributed by atoms with Crippen molar-refractivity contribution >= 4 is 5.91 Å². The van der Waals surface area contributed by atoms with Gasteiger partial charge in [0.1, 0.15) is 0 Å². The highest BCUT2D eigenvalue weighted by atomic mass is 16.2. The molecule has 3 N–H and O–H groups in total. The molecular weight excluding hydrogens is 434 g/mol. The Morgan fingerprint density at radius 3 is 2.57 bits per heavy atom. The molecule has 3 aliphatic heterocycles. The summed E-state index contributed by atoms with van der Waals surface area (Å²) in [4.78, 5) is 20.4. The van der Waals surface area contributed by atoms with E-state index in [9.17, 15) is 4.79 Å². The molecule has 1 aliphatic carbocycles. The van der Waals surface area contributed by atoms with Crippen LogP contribution in [0, 0.1) is 37.5 Å². The summed E-state index contributed by atoms with van der Waals surface area (Å²) in [5.74, 6) is 2.04. The number of benzene rings is 1. The molecule has 4 aliphatic rings. The molecular formula is C29H39N5O. The summed E-state index contributed by atoms with van der Waals surface area (Å²) in [5, 5.41) is 3.48. The lowest BCUT2D eigenvalue weighted by Gasteiger charge is -2.47. The quantitative estimate of drug-likeness (QED) is 0.632. The third-order valence-corrected chi connectivity index (χ3v) is 9.07. The van der Waals surface area contributed by atoms with Crippen molar-refractivity contribution in [2.45, 2.75) is 70.6 Å². The maximum Gasteiger partial charge on any atom is 0.223 e. The molecule has 0 bridgehead atoms. The van der Waals surface area contributed by atoms with Crippen molar-refractivity contribution in [3.8, 4) is 0 Å². The van der Waals surface area contributed by atoms with Crippen LogP contribution in [0.1, 0.15) is 60.7 Å². The van der Waals surface area contributed by atoms with Gasteiger partial charge in [-0.2, -0.15) is 0 Å². The lowest BCUT2D eigenvalue weighted by atomic mass is 9.65. The number of likely N-dealkylation sites (tertiary alicyclic amines) is 1. The van der Waals surface area contributed by atoms with Crippen molar-refractivity contribution in [3.05, 3.63) is 65.0 Å². The number of amides is 1. The second kappa shape index (κ2) is 9.64. The summed E-state index contributed by atoms with van der Waals surface area (Å²) >= 11 is 0. The fraction of sp³-hybridized carbons (Fsp3) is 0.586. The molecule has 7 atom stereocenters. The third kappa shape index (κ3) is 4.76. The Morgan fingerprint density at radius 2 is 1.77 bits per heavy atom. The van der Waals surface area contributed by atoms with Gasteiger partial charge in [0.25, 0.3) is 0 Å². The highest BCUT2D eigenvalue weighted by Gasteiger charge is 2.49. The second-order valence-electron chi connectivity index (χ2n) is 11.5. The molecule has 4 heterocycles. The Kier molecular flexibility index (Phi) is 6.37. The smallest absolute Gasteiger partial charge is 0.223 e. The van der Waals surface area contributed by atoms with Gasteiger partial charge in [-0.15, -0.1) is 0 Å².